The molecule has 3 aromatic rings. The highest BCUT2D eigenvalue weighted by Gasteiger charge is 2.24. The largest absolute Gasteiger partial charge is 0.462 e. The van der Waals surface area contributed by atoms with Gasteiger partial charge in [-0.05, 0) is 69.7 Å². The van der Waals surface area contributed by atoms with E-state index in [1.807, 2.05) is 18.5 Å². The van der Waals surface area contributed by atoms with Crippen molar-refractivity contribution < 1.29 is 9.53 Å². The van der Waals surface area contributed by atoms with Gasteiger partial charge in [-0.1, -0.05) is 12.8 Å². The predicted molar refractivity (Wildman–Crippen MR) is 132 cm³/mol. The molecule has 2 aromatic heterocycles. The SMILES string of the molecule is CCOC(=O)c1ccc(Nc2nc(NC3CCC(N)CC3)nc3c2ncn3C2CCCC2)cc1. The summed E-state index contributed by atoms with van der Waals surface area (Å²) in [6.45, 7) is 2.15. The van der Waals surface area contributed by atoms with Crippen molar-refractivity contribution in [3.63, 3.8) is 0 Å². The van der Waals surface area contributed by atoms with Gasteiger partial charge in [-0.15, -0.1) is 0 Å². The highest BCUT2D eigenvalue weighted by atomic mass is 16.5. The Kier molecular flexibility index (Phi) is 6.62. The van der Waals surface area contributed by atoms with Gasteiger partial charge in [0.05, 0.1) is 18.5 Å². The molecule has 0 aliphatic heterocycles. The third-order valence-electron chi connectivity index (χ3n) is 6.90. The van der Waals surface area contributed by atoms with E-state index in [1.165, 1.54) is 12.8 Å². The van der Waals surface area contributed by atoms with E-state index in [4.69, 9.17) is 20.4 Å². The third-order valence-corrected chi connectivity index (χ3v) is 6.90. The zero-order valence-electron chi connectivity index (χ0n) is 19.7. The van der Waals surface area contributed by atoms with E-state index < -0.39 is 0 Å². The van der Waals surface area contributed by atoms with Crippen LogP contribution >= 0.6 is 0 Å². The first-order chi connectivity index (χ1) is 16.6. The van der Waals surface area contributed by atoms with Gasteiger partial charge in [0, 0.05) is 23.8 Å². The van der Waals surface area contributed by atoms with Gasteiger partial charge in [0.1, 0.15) is 0 Å². The molecule has 4 N–H and O–H groups in total. The molecule has 0 unspecified atom stereocenters. The van der Waals surface area contributed by atoms with Gasteiger partial charge in [-0.3, -0.25) is 0 Å². The summed E-state index contributed by atoms with van der Waals surface area (Å²) in [7, 11) is 0. The molecule has 0 atom stereocenters. The molecule has 180 valence electrons. The number of fused-ring (bicyclic) bond motifs is 1. The molecule has 2 aliphatic rings. The van der Waals surface area contributed by atoms with Crippen molar-refractivity contribution >= 4 is 34.6 Å². The number of nitrogens with one attached hydrogen (secondary N) is 2. The van der Waals surface area contributed by atoms with Crippen LogP contribution in [0.1, 0.15) is 74.7 Å². The van der Waals surface area contributed by atoms with Crippen LogP contribution in [0.25, 0.3) is 11.2 Å². The fourth-order valence-electron chi connectivity index (χ4n) is 5.00. The molecule has 0 bridgehead atoms. The first-order valence-corrected chi connectivity index (χ1v) is 12.4. The Hall–Kier alpha value is -3.20. The van der Waals surface area contributed by atoms with E-state index in [-0.39, 0.29) is 5.97 Å². The summed E-state index contributed by atoms with van der Waals surface area (Å²) < 4.78 is 7.29. The molecule has 9 heteroatoms. The van der Waals surface area contributed by atoms with Crippen LogP contribution in [-0.2, 0) is 4.74 Å². The second kappa shape index (κ2) is 9.97. The monoisotopic (exact) mass is 463 g/mol. The quantitative estimate of drug-likeness (QED) is 0.437. The van der Waals surface area contributed by atoms with Crippen LogP contribution in [0.5, 0.6) is 0 Å². The number of aromatic nitrogens is 4. The summed E-state index contributed by atoms with van der Waals surface area (Å²) in [6.07, 6.45) is 10.7. The van der Waals surface area contributed by atoms with Gasteiger partial charge >= 0.3 is 5.97 Å². The molecule has 9 nitrogen and oxygen atoms in total. The van der Waals surface area contributed by atoms with Crippen molar-refractivity contribution in [2.45, 2.75) is 76.4 Å². The van der Waals surface area contributed by atoms with Gasteiger partial charge in [-0.2, -0.15) is 9.97 Å². The number of esters is 1. The summed E-state index contributed by atoms with van der Waals surface area (Å²) in [6, 6.07) is 8.24. The van der Waals surface area contributed by atoms with Crippen molar-refractivity contribution in [3.05, 3.63) is 36.2 Å². The van der Waals surface area contributed by atoms with Crippen LogP contribution in [0, 0.1) is 0 Å². The maximum Gasteiger partial charge on any atom is 0.338 e. The van der Waals surface area contributed by atoms with Gasteiger partial charge in [-0.25, -0.2) is 9.78 Å². The smallest absolute Gasteiger partial charge is 0.338 e. The Morgan fingerprint density at radius 1 is 1.09 bits per heavy atom. The second-order valence-corrected chi connectivity index (χ2v) is 9.34. The minimum absolute atomic E-state index is 0.292. The number of nitrogens with zero attached hydrogens (tertiary/aromatic N) is 4. The Balaban J connectivity index is 1.45. The number of nitrogens with two attached hydrogens (primary N) is 1. The molecule has 0 spiro atoms. The lowest BCUT2D eigenvalue weighted by molar-refractivity contribution is 0.0526. The third kappa shape index (κ3) is 4.84. The van der Waals surface area contributed by atoms with Gasteiger partial charge in [0.15, 0.2) is 17.0 Å². The lowest BCUT2D eigenvalue weighted by Crippen LogP contribution is -2.33. The number of rotatable bonds is 7. The van der Waals surface area contributed by atoms with Gasteiger partial charge in [0.2, 0.25) is 5.95 Å². The number of benzene rings is 1. The first-order valence-electron chi connectivity index (χ1n) is 12.4. The fraction of sp³-hybridized carbons (Fsp3) is 0.520. The fourth-order valence-corrected chi connectivity index (χ4v) is 5.00. The van der Waals surface area contributed by atoms with Crippen molar-refractivity contribution in [1.29, 1.82) is 0 Å². The summed E-state index contributed by atoms with van der Waals surface area (Å²) in [5.74, 6) is 0.937. The van der Waals surface area contributed by atoms with E-state index in [0.717, 1.165) is 55.4 Å². The lowest BCUT2D eigenvalue weighted by atomic mass is 9.92. The minimum Gasteiger partial charge on any atom is -0.462 e. The number of carbonyl (C=O) groups is 1. The summed E-state index contributed by atoms with van der Waals surface area (Å²) in [5.41, 5.74) is 9.02. The Labute approximate surface area is 199 Å². The Bertz CT molecular complexity index is 1130. The molecule has 2 fully saturated rings. The van der Waals surface area contributed by atoms with Crippen molar-refractivity contribution in [3.8, 4) is 0 Å². The summed E-state index contributed by atoms with van der Waals surface area (Å²) in [4.78, 5) is 26.4. The van der Waals surface area contributed by atoms with E-state index >= 15 is 0 Å². The van der Waals surface area contributed by atoms with Crippen LogP contribution in [0.4, 0.5) is 17.5 Å². The number of hydrogen-bond donors (Lipinski definition) is 3. The minimum atomic E-state index is -0.326. The van der Waals surface area contributed by atoms with Gasteiger partial charge < -0.3 is 25.7 Å². The van der Waals surface area contributed by atoms with Crippen molar-refractivity contribution in [2.75, 3.05) is 17.2 Å². The number of anilines is 3. The molecule has 2 heterocycles. The van der Waals surface area contributed by atoms with Crippen molar-refractivity contribution in [1.82, 2.24) is 19.5 Å². The average molecular weight is 464 g/mol. The predicted octanol–water partition coefficient (Wildman–Crippen LogP) is 4.54. The van der Waals surface area contributed by atoms with Crippen molar-refractivity contribution in [2.24, 2.45) is 5.73 Å². The Morgan fingerprint density at radius 2 is 1.82 bits per heavy atom. The highest BCUT2D eigenvalue weighted by Crippen LogP contribution is 2.34. The molecule has 1 aromatic carbocycles. The molecule has 2 aliphatic carbocycles. The van der Waals surface area contributed by atoms with Crippen LogP contribution in [0.2, 0.25) is 0 Å². The molecule has 0 radical (unpaired) electrons. The summed E-state index contributed by atoms with van der Waals surface area (Å²) >= 11 is 0. The second-order valence-electron chi connectivity index (χ2n) is 9.34. The highest BCUT2D eigenvalue weighted by molar-refractivity contribution is 5.90. The zero-order chi connectivity index (χ0) is 23.5. The Morgan fingerprint density at radius 3 is 2.53 bits per heavy atom. The standard InChI is InChI=1S/C25H33N7O2/c1-2-34-24(33)16-7-11-18(12-8-16)28-22-21-23(32(15-27-21)20-5-3-4-6-20)31-25(30-22)29-19-13-9-17(26)10-14-19/h7-8,11-12,15,17,19-20H,2-6,9-10,13-14,26H2,1H3,(H2,28,29,30,31). The number of hydrogen-bond acceptors (Lipinski definition) is 8. The van der Waals surface area contributed by atoms with Crippen LogP contribution in [-0.4, -0.2) is 44.2 Å². The normalized spacial score (nSPS) is 21.0. The van der Waals surface area contributed by atoms with E-state index in [1.54, 1.807) is 19.1 Å². The van der Waals surface area contributed by atoms with Crippen LogP contribution < -0.4 is 16.4 Å². The number of carbonyl (C=O) groups excluding carboxylic acids is 1. The van der Waals surface area contributed by atoms with Crippen LogP contribution in [0.3, 0.4) is 0 Å². The molecular weight excluding hydrogens is 430 g/mol. The number of ether oxygens (including phenoxy) is 1. The average Bonchev–Trinajstić information content (AvgIpc) is 3.51. The molecule has 34 heavy (non-hydrogen) atoms. The van der Waals surface area contributed by atoms with Crippen LogP contribution in [0.15, 0.2) is 30.6 Å². The lowest BCUT2D eigenvalue weighted by Gasteiger charge is -2.27. The van der Waals surface area contributed by atoms with Gasteiger partial charge in [0.25, 0.3) is 0 Å². The van der Waals surface area contributed by atoms with E-state index in [2.05, 4.69) is 20.2 Å². The summed E-state index contributed by atoms with van der Waals surface area (Å²) in [5, 5.41) is 6.94. The first kappa shape index (κ1) is 22.6. The van der Waals surface area contributed by atoms with E-state index in [0.29, 0.717) is 42.1 Å². The van der Waals surface area contributed by atoms with E-state index in [9.17, 15) is 4.79 Å². The maximum atomic E-state index is 12.0. The zero-order valence-corrected chi connectivity index (χ0v) is 19.7. The topological polar surface area (TPSA) is 120 Å². The molecule has 2 saturated carbocycles. The molecule has 0 amide bonds. The number of imidazole rings is 1. The molecular formula is C25H33N7O2. The molecule has 0 saturated heterocycles. The molecule has 5 rings (SSSR count). The maximum absolute atomic E-state index is 12.0.